The van der Waals surface area contributed by atoms with Crippen LogP contribution < -0.4 is 10.1 Å². The molecule has 4 heterocycles. The van der Waals surface area contributed by atoms with E-state index >= 15 is 0 Å². The van der Waals surface area contributed by atoms with Crippen LogP contribution in [0, 0.1) is 0 Å². The first kappa shape index (κ1) is 21.0. The molecule has 0 atom stereocenters. The zero-order valence-corrected chi connectivity index (χ0v) is 18.9. The summed E-state index contributed by atoms with van der Waals surface area (Å²) in [4.78, 5) is 31.1. The fraction of sp³-hybridized carbons (Fsp3) is 0.273. The summed E-state index contributed by atoms with van der Waals surface area (Å²) in [6.07, 6.45) is 8.99. The van der Waals surface area contributed by atoms with E-state index < -0.39 is 0 Å². The van der Waals surface area contributed by atoms with Gasteiger partial charge < -0.3 is 19.9 Å². The molecule has 0 saturated carbocycles. The van der Waals surface area contributed by atoms with Crippen molar-refractivity contribution >= 4 is 57.2 Å². The Balaban J connectivity index is 1.30. The Kier molecular flexibility index (Phi) is 5.86. The van der Waals surface area contributed by atoms with Crippen molar-refractivity contribution in [2.45, 2.75) is 18.9 Å². The number of ether oxygens (including phenoxy) is 1. The van der Waals surface area contributed by atoms with E-state index in [2.05, 4.69) is 37.2 Å². The fourth-order valence-corrected chi connectivity index (χ4v) is 4.72. The van der Waals surface area contributed by atoms with Gasteiger partial charge in [-0.2, -0.15) is 0 Å². The summed E-state index contributed by atoms with van der Waals surface area (Å²) < 4.78 is 6.08. The van der Waals surface area contributed by atoms with Gasteiger partial charge in [0, 0.05) is 42.5 Å². The third-order valence-corrected chi connectivity index (χ3v) is 6.65. The molecular weight excluding hydrogens is 448 g/mol. The minimum Gasteiger partial charge on any atom is -0.490 e. The number of nitrogens with zero attached hydrogens (tertiary/aromatic N) is 4. The predicted molar refractivity (Wildman–Crippen MR) is 127 cm³/mol. The Morgan fingerprint density at radius 1 is 1.34 bits per heavy atom. The molecular formula is C22H21ClN6O2S. The summed E-state index contributed by atoms with van der Waals surface area (Å²) >= 11 is 7.72. The van der Waals surface area contributed by atoms with E-state index in [9.17, 15) is 4.79 Å². The third kappa shape index (κ3) is 4.50. The number of rotatable bonds is 4. The average Bonchev–Trinajstić information content (AvgIpc) is 3.35. The number of amidine groups is 1. The highest BCUT2D eigenvalue weighted by Crippen LogP contribution is 2.34. The Labute approximate surface area is 194 Å². The van der Waals surface area contributed by atoms with Crippen molar-refractivity contribution in [1.82, 2.24) is 25.2 Å². The normalized spacial score (nSPS) is 20.4. The minimum atomic E-state index is -0.210. The van der Waals surface area contributed by atoms with Gasteiger partial charge in [-0.05, 0) is 49.9 Å². The topological polar surface area (TPSA) is 95.5 Å². The third-order valence-electron chi connectivity index (χ3n) is 5.43. The quantitative estimate of drug-likeness (QED) is 0.562. The number of aliphatic imine (C=N–C) groups is 1. The number of hydrogen-bond donors (Lipinski definition) is 2. The number of fused-ring (bicyclic) bond motifs is 1. The van der Waals surface area contributed by atoms with Crippen molar-refractivity contribution in [3.63, 3.8) is 0 Å². The van der Waals surface area contributed by atoms with E-state index in [0.29, 0.717) is 20.8 Å². The molecule has 2 aliphatic heterocycles. The van der Waals surface area contributed by atoms with Crippen molar-refractivity contribution in [3.05, 3.63) is 52.4 Å². The number of hydrogen-bond acceptors (Lipinski definition) is 7. The highest BCUT2D eigenvalue weighted by Gasteiger charge is 2.25. The molecule has 0 spiro atoms. The van der Waals surface area contributed by atoms with Gasteiger partial charge in [0.2, 0.25) is 0 Å². The summed E-state index contributed by atoms with van der Waals surface area (Å²) in [5, 5.41) is 4.59. The molecule has 3 aromatic rings. The van der Waals surface area contributed by atoms with Crippen LogP contribution in [0.25, 0.3) is 17.1 Å². The molecule has 1 amide bonds. The first-order valence-electron chi connectivity index (χ1n) is 10.3. The SMILES string of the molecule is CN1CCC(Oc2ccc(/N=C3/NC(=O)/C(=C/c4c[nH]c5ncncc45)S3)c(Cl)c2)CC1. The number of benzene rings is 1. The fourth-order valence-electron chi connectivity index (χ4n) is 3.68. The lowest BCUT2D eigenvalue weighted by Gasteiger charge is -2.29. The maximum Gasteiger partial charge on any atom is 0.264 e. The number of H-pyrrole nitrogens is 1. The van der Waals surface area contributed by atoms with Crippen LogP contribution in [0.1, 0.15) is 18.4 Å². The zero-order valence-electron chi connectivity index (χ0n) is 17.3. The maximum atomic E-state index is 12.4. The zero-order chi connectivity index (χ0) is 22.1. The number of thioether (sulfide) groups is 1. The number of amides is 1. The first-order chi connectivity index (χ1) is 15.5. The van der Waals surface area contributed by atoms with Gasteiger partial charge in [-0.1, -0.05) is 11.6 Å². The van der Waals surface area contributed by atoms with Crippen molar-refractivity contribution in [2.75, 3.05) is 20.1 Å². The molecule has 8 nitrogen and oxygen atoms in total. The molecule has 2 saturated heterocycles. The number of piperidine rings is 1. The number of halogens is 1. The Bertz CT molecular complexity index is 1230. The Morgan fingerprint density at radius 3 is 3.00 bits per heavy atom. The van der Waals surface area contributed by atoms with Gasteiger partial charge in [-0.15, -0.1) is 0 Å². The van der Waals surface area contributed by atoms with Gasteiger partial charge in [-0.3, -0.25) is 4.79 Å². The molecule has 0 bridgehead atoms. The van der Waals surface area contributed by atoms with Gasteiger partial charge in [0.15, 0.2) is 5.17 Å². The van der Waals surface area contributed by atoms with E-state index in [1.807, 2.05) is 12.1 Å². The van der Waals surface area contributed by atoms with Crippen LogP contribution in [0.15, 0.2) is 46.8 Å². The predicted octanol–water partition coefficient (Wildman–Crippen LogP) is 3.98. The molecule has 2 aliphatic rings. The van der Waals surface area contributed by atoms with Crippen LogP contribution in [-0.4, -0.2) is 57.2 Å². The smallest absolute Gasteiger partial charge is 0.264 e. The number of aromatic nitrogens is 3. The van der Waals surface area contributed by atoms with Gasteiger partial charge in [0.05, 0.1) is 15.6 Å². The molecule has 2 fully saturated rings. The number of carbonyl (C=O) groups is 1. The van der Waals surface area contributed by atoms with E-state index in [1.165, 1.54) is 18.1 Å². The summed E-state index contributed by atoms with van der Waals surface area (Å²) in [6.45, 7) is 2.06. The molecule has 10 heteroatoms. The summed E-state index contributed by atoms with van der Waals surface area (Å²) in [7, 11) is 2.12. The second kappa shape index (κ2) is 8.93. The Hall–Kier alpha value is -2.88. The molecule has 0 aliphatic carbocycles. The summed E-state index contributed by atoms with van der Waals surface area (Å²) in [6, 6.07) is 5.46. The van der Waals surface area contributed by atoms with Gasteiger partial charge >= 0.3 is 0 Å². The van der Waals surface area contributed by atoms with Gasteiger partial charge in [0.25, 0.3) is 5.91 Å². The van der Waals surface area contributed by atoms with Crippen molar-refractivity contribution in [3.8, 4) is 5.75 Å². The van der Waals surface area contributed by atoms with Crippen molar-refractivity contribution in [2.24, 2.45) is 4.99 Å². The van der Waals surface area contributed by atoms with E-state index in [0.717, 1.165) is 48.3 Å². The highest BCUT2D eigenvalue weighted by atomic mass is 35.5. The van der Waals surface area contributed by atoms with E-state index in [1.54, 1.807) is 24.5 Å². The van der Waals surface area contributed by atoms with E-state index in [4.69, 9.17) is 16.3 Å². The molecule has 0 unspecified atom stereocenters. The maximum absolute atomic E-state index is 12.4. The van der Waals surface area contributed by atoms with Crippen LogP contribution in [-0.2, 0) is 4.79 Å². The lowest BCUT2D eigenvalue weighted by Crippen LogP contribution is -2.35. The van der Waals surface area contributed by atoms with Crippen LogP contribution >= 0.6 is 23.4 Å². The minimum absolute atomic E-state index is 0.201. The second-order valence-electron chi connectivity index (χ2n) is 7.74. The number of nitrogens with one attached hydrogen (secondary N) is 2. The monoisotopic (exact) mass is 468 g/mol. The lowest BCUT2D eigenvalue weighted by atomic mass is 10.1. The van der Waals surface area contributed by atoms with Gasteiger partial charge in [-0.25, -0.2) is 15.0 Å². The van der Waals surface area contributed by atoms with Crippen LogP contribution in [0.4, 0.5) is 5.69 Å². The van der Waals surface area contributed by atoms with Gasteiger partial charge in [0.1, 0.15) is 23.8 Å². The molecule has 0 radical (unpaired) electrons. The summed E-state index contributed by atoms with van der Waals surface area (Å²) in [5.74, 6) is 0.525. The number of aromatic amines is 1. The van der Waals surface area contributed by atoms with Crippen molar-refractivity contribution in [1.29, 1.82) is 0 Å². The molecule has 2 aromatic heterocycles. The second-order valence-corrected chi connectivity index (χ2v) is 9.18. The van der Waals surface area contributed by atoms with Crippen LogP contribution in [0.2, 0.25) is 5.02 Å². The Morgan fingerprint density at radius 2 is 2.19 bits per heavy atom. The lowest BCUT2D eigenvalue weighted by molar-refractivity contribution is -0.115. The molecule has 2 N–H and O–H groups in total. The summed E-state index contributed by atoms with van der Waals surface area (Å²) in [5.41, 5.74) is 2.14. The highest BCUT2D eigenvalue weighted by molar-refractivity contribution is 8.18. The molecule has 1 aromatic carbocycles. The standard InChI is InChI=1S/C22H21ClN6O2S/c1-29-6-4-14(5-7-29)31-15-2-3-18(17(23)9-15)27-22-28-21(30)19(32-22)8-13-10-25-20-16(13)11-24-12-26-20/h2-3,8-12,14H,4-7H2,1H3,(H,24,25,26)(H,27,28,30)/b19-8-. The first-order valence-corrected chi connectivity index (χ1v) is 11.5. The van der Waals surface area contributed by atoms with E-state index in [-0.39, 0.29) is 12.0 Å². The van der Waals surface area contributed by atoms with Crippen LogP contribution in [0.3, 0.4) is 0 Å². The average molecular weight is 469 g/mol. The van der Waals surface area contributed by atoms with Crippen molar-refractivity contribution < 1.29 is 9.53 Å². The molecule has 164 valence electrons. The largest absolute Gasteiger partial charge is 0.490 e. The molecule has 32 heavy (non-hydrogen) atoms. The number of carbonyl (C=O) groups excluding carboxylic acids is 1. The van der Waals surface area contributed by atoms with Crippen LogP contribution in [0.5, 0.6) is 5.75 Å². The number of likely N-dealkylation sites (tertiary alicyclic amines) is 1. The molecule has 5 rings (SSSR count).